The van der Waals surface area contributed by atoms with Gasteiger partial charge in [0.05, 0.1) is 29.3 Å². The molecule has 3 aromatic carbocycles. The number of aryl methyl sites for hydroxylation is 1. The molecule has 1 aromatic heterocycles. The van der Waals surface area contributed by atoms with E-state index < -0.39 is 26.0 Å². The number of anilines is 2. The second-order valence-corrected chi connectivity index (χ2v) is 11.6. The number of rotatable bonds is 5. The lowest BCUT2D eigenvalue weighted by Gasteiger charge is -2.28. The number of fused-ring (bicyclic) bond motifs is 1. The first-order valence-electron chi connectivity index (χ1n) is 10.8. The predicted molar refractivity (Wildman–Crippen MR) is 134 cm³/mol. The number of benzene rings is 3. The van der Waals surface area contributed by atoms with Crippen LogP contribution in [0.25, 0.3) is 22.3 Å². The molecule has 180 valence electrons. The first-order valence-corrected chi connectivity index (χ1v) is 13.9. The number of hydrogen-bond donors (Lipinski definition) is 1. The van der Waals surface area contributed by atoms with Crippen molar-refractivity contribution in [3.63, 3.8) is 0 Å². The van der Waals surface area contributed by atoms with Crippen LogP contribution in [0.3, 0.4) is 0 Å². The number of para-hydroxylation sites is 1. The summed E-state index contributed by atoms with van der Waals surface area (Å²) in [5.41, 5.74) is 3.16. The van der Waals surface area contributed by atoms with Crippen LogP contribution in [0.5, 0.6) is 0 Å². The van der Waals surface area contributed by atoms with Gasteiger partial charge >= 0.3 is 0 Å². The second kappa shape index (κ2) is 8.91. The number of sulfonamides is 2. The predicted octanol–water partition coefficient (Wildman–Crippen LogP) is 3.53. The minimum atomic E-state index is -3.92. The van der Waals surface area contributed by atoms with Gasteiger partial charge in [-0.1, -0.05) is 24.3 Å². The van der Waals surface area contributed by atoms with Crippen LogP contribution in [0.1, 0.15) is 5.56 Å². The van der Waals surface area contributed by atoms with Gasteiger partial charge < -0.3 is 4.74 Å². The van der Waals surface area contributed by atoms with Crippen LogP contribution in [-0.4, -0.2) is 45.9 Å². The maximum Gasteiger partial charge on any atom is 0.261 e. The zero-order chi connectivity index (χ0) is 24.6. The van der Waals surface area contributed by atoms with Gasteiger partial charge in [-0.25, -0.2) is 26.8 Å². The van der Waals surface area contributed by atoms with Gasteiger partial charge in [-0.15, -0.1) is 0 Å². The molecule has 2 heterocycles. The van der Waals surface area contributed by atoms with Crippen molar-refractivity contribution >= 4 is 42.3 Å². The third-order valence-corrected chi connectivity index (χ3v) is 8.59. The second-order valence-electron chi connectivity index (χ2n) is 8.09. The monoisotopic (exact) mass is 510 g/mol. The van der Waals surface area contributed by atoms with Gasteiger partial charge in [0.15, 0.2) is 11.8 Å². The van der Waals surface area contributed by atoms with Crippen LogP contribution in [0.15, 0.2) is 77.8 Å². The molecule has 0 bridgehead atoms. The summed E-state index contributed by atoms with van der Waals surface area (Å²) in [4.78, 5) is 9.08. The molecule has 35 heavy (non-hydrogen) atoms. The molecule has 1 fully saturated rings. The van der Waals surface area contributed by atoms with Crippen molar-refractivity contribution < 1.29 is 21.6 Å². The summed E-state index contributed by atoms with van der Waals surface area (Å²) in [5.74, 6) is 0.101. The molecule has 1 saturated heterocycles. The van der Waals surface area contributed by atoms with Gasteiger partial charge in [-0.05, 0) is 55.0 Å². The number of ether oxygens (including phenoxy) is 1. The van der Waals surface area contributed by atoms with Crippen molar-refractivity contribution in [1.82, 2.24) is 9.97 Å². The molecule has 0 saturated carbocycles. The first-order chi connectivity index (χ1) is 16.7. The molecule has 0 amide bonds. The summed E-state index contributed by atoms with van der Waals surface area (Å²) in [5, 5.41) is 0.916. The summed E-state index contributed by atoms with van der Waals surface area (Å²) < 4.78 is 59.3. The lowest BCUT2D eigenvalue weighted by atomic mass is 10.1. The highest BCUT2D eigenvalue weighted by atomic mass is 32.2. The molecule has 4 aromatic rings. The maximum atomic E-state index is 13.0. The molecule has 0 radical (unpaired) electrons. The van der Waals surface area contributed by atoms with E-state index in [1.54, 1.807) is 24.4 Å². The Morgan fingerprint density at radius 1 is 1.03 bits per heavy atom. The summed E-state index contributed by atoms with van der Waals surface area (Å²) in [6.07, 6.45) is 1.74. The number of hydrogen-bond acceptors (Lipinski definition) is 7. The first kappa shape index (κ1) is 23.2. The van der Waals surface area contributed by atoms with E-state index in [2.05, 4.69) is 14.7 Å². The molecule has 9 nitrogen and oxygen atoms in total. The molecular formula is C24H22N4O5S2. The van der Waals surface area contributed by atoms with E-state index in [4.69, 9.17) is 4.74 Å². The molecule has 5 rings (SSSR count). The molecule has 0 unspecified atom stereocenters. The van der Waals surface area contributed by atoms with Crippen LogP contribution < -0.4 is 9.03 Å². The average molecular weight is 511 g/mol. The lowest BCUT2D eigenvalue weighted by molar-refractivity contribution is 0.175. The number of nitrogens with one attached hydrogen (secondary N) is 1. The Balaban J connectivity index is 1.41. The van der Waals surface area contributed by atoms with Crippen molar-refractivity contribution in [2.24, 2.45) is 0 Å². The summed E-state index contributed by atoms with van der Waals surface area (Å²) >= 11 is 0. The van der Waals surface area contributed by atoms with E-state index in [0.29, 0.717) is 22.8 Å². The fourth-order valence-electron chi connectivity index (χ4n) is 3.84. The Morgan fingerprint density at radius 3 is 2.57 bits per heavy atom. The highest BCUT2D eigenvalue weighted by molar-refractivity contribution is 7.93. The Hall–Kier alpha value is -3.54. The van der Waals surface area contributed by atoms with Crippen LogP contribution in [0, 0.1) is 6.92 Å². The van der Waals surface area contributed by atoms with Crippen LogP contribution >= 0.6 is 0 Å². The van der Waals surface area contributed by atoms with E-state index in [-0.39, 0.29) is 18.0 Å². The SMILES string of the molecule is Cc1ccc(NS(=O)(=O)c2ccc(N3CCOCS3(=O)=O)cc2)cc1-c1ncc2ccccc2n1. The maximum absolute atomic E-state index is 13.0. The minimum Gasteiger partial charge on any atom is -0.362 e. The molecule has 0 atom stereocenters. The van der Waals surface area contributed by atoms with Crippen molar-refractivity contribution in [3.8, 4) is 11.4 Å². The van der Waals surface area contributed by atoms with Crippen molar-refractivity contribution in [2.45, 2.75) is 11.8 Å². The molecule has 1 aliphatic heterocycles. The van der Waals surface area contributed by atoms with Crippen LogP contribution in [-0.2, 0) is 24.8 Å². The summed E-state index contributed by atoms with van der Waals surface area (Å²) in [7, 11) is -7.51. The lowest BCUT2D eigenvalue weighted by Crippen LogP contribution is -2.41. The van der Waals surface area contributed by atoms with Crippen molar-refractivity contribution in [1.29, 1.82) is 0 Å². The zero-order valence-electron chi connectivity index (χ0n) is 18.7. The van der Waals surface area contributed by atoms with Crippen molar-refractivity contribution in [2.75, 3.05) is 28.1 Å². The Labute approximate surface area is 203 Å². The van der Waals surface area contributed by atoms with E-state index in [9.17, 15) is 16.8 Å². The van der Waals surface area contributed by atoms with Gasteiger partial charge in [-0.3, -0.25) is 9.03 Å². The van der Waals surface area contributed by atoms with Gasteiger partial charge in [0.2, 0.25) is 0 Å². The van der Waals surface area contributed by atoms with Crippen LogP contribution in [0.2, 0.25) is 0 Å². The minimum absolute atomic E-state index is 0.0102. The third-order valence-electron chi connectivity index (χ3n) is 5.66. The molecular weight excluding hydrogens is 488 g/mol. The highest BCUT2D eigenvalue weighted by Gasteiger charge is 2.27. The molecule has 0 aliphatic carbocycles. The topological polar surface area (TPSA) is 119 Å². The van der Waals surface area contributed by atoms with Gasteiger partial charge in [0.1, 0.15) is 0 Å². The largest absolute Gasteiger partial charge is 0.362 e. The van der Waals surface area contributed by atoms with E-state index in [0.717, 1.165) is 16.5 Å². The Bertz CT molecular complexity index is 1620. The molecule has 0 spiro atoms. The quantitative estimate of drug-likeness (QED) is 0.436. The molecule has 1 N–H and O–H groups in total. The van der Waals surface area contributed by atoms with Gasteiger partial charge in [0, 0.05) is 22.8 Å². The number of nitrogens with zero attached hydrogens (tertiary/aromatic N) is 3. The van der Waals surface area contributed by atoms with E-state index in [1.807, 2.05) is 31.2 Å². The molecule has 11 heteroatoms. The normalized spacial score (nSPS) is 15.7. The van der Waals surface area contributed by atoms with Crippen LogP contribution in [0.4, 0.5) is 11.4 Å². The fraction of sp³-hybridized carbons (Fsp3) is 0.167. The third kappa shape index (κ3) is 4.70. The zero-order valence-corrected chi connectivity index (χ0v) is 20.4. The Morgan fingerprint density at radius 2 is 1.80 bits per heavy atom. The summed E-state index contributed by atoms with van der Waals surface area (Å²) in [6.45, 7) is 2.36. The molecule has 1 aliphatic rings. The smallest absolute Gasteiger partial charge is 0.261 e. The Kier molecular flexibility index (Phi) is 5.91. The standard InChI is InChI=1S/C24H22N4O5S2/c1-17-6-7-19(14-22(17)24-25-15-18-4-2-3-5-23(18)26-24)27-35(31,32)21-10-8-20(9-11-21)28-12-13-33-16-34(28,29)30/h2-11,14-15,27H,12-13,16H2,1H3. The van der Waals surface area contributed by atoms with Crippen molar-refractivity contribution in [3.05, 3.63) is 78.5 Å². The summed E-state index contributed by atoms with van der Waals surface area (Å²) in [6, 6.07) is 18.5. The van der Waals surface area contributed by atoms with Gasteiger partial charge in [-0.2, -0.15) is 0 Å². The number of aromatic nitrogens is 2. The average Bonchev–Trinajstić information content (AvgIpc) is 2.84. The van der Waals surface area contributed by atoms with Gasteiger partial charge in [0.25, 0.3) is 20.0 Å². The van der Waals surface area contributed by atoms with E-state index in [1.165, 1.54) is 28.6 Å². The highest BCUT2D eigenvalue weighted by Crippen LogP contribution is 2.28. The fourth-order valence-corrected chi connectivity index (χ4v) is 6.14. The van der Waals surface area contributed by atoms with E-state index >= 15 is 0 Å².